The molecule has 1 aromatic carbocycles. The molecule has 0 radical (unpaired) electrons. The van der Waals surface area contributed by atoms with Crippen LogP contribution in [-0.2, 0) is 7.05 Å². The van der Waals surface area contributed by atoms with E-state index in [4.69, 9.17) is 4.74 Å². The van der Waals surface area contributed by atoms with Crippen molar-refractivity contribution < 1.29 is 4.74 Å². The monoisotopic (exact) mass is 253 g/mol. The summed E-state index contributed by atoms with van der Waals surface area (Å²) in [4.78, 5) is 8.67. The lowest BCUT2D eigenvalue weighted by Crippen LogP contribution is -1.93. The third kappa shape index (κ3) is 1.95. The van der Waals surface area contributed by atoms with Gasteiger partial charge in [-0.1, -0.05) is 0 Å². The maximum Gasteiger partial charge on any atom is 0.216 e. The first-order valence-corrected chi connectivity index (χ1v) is 6.12. The summed E-state index contributed by atoms with van der Waals surface area (Å²) in [5.74, 6) is 1.26. The summed E-state index contributed by atoms with van der Waals surface area (Å²) in [6.45, 7) is 2.11. The van der Waals surface area contributed by atoms with Crippen LogP contribution < -0.4 is 4.74 Å². The van der Waals surface area contributed by atoms with Gasteiger partial charge in [0.1, 0.15) is 0 Å². The average molecular weight is 253 g/mol. The number of methoxy groups -OCH3 is 1. The first kappa shape index (κ1) is 11.7. The van der Waals surface area contributed by atoms with Crippen LogP contribution in [0.25, 0.3) is 22.3 Å². The fourth-order valence-electron chi connectivity index (χ4n) is 2.32. The van der Waals surface area contributed by atoms with Crippen LogP contribution in [0, 0.1) is 6.92 Å². The molecule has 0 bridgehead atoms. The number of nitrogens with zero attached hydrogens (tertiary/aromatic N) is 3. The van der Waals surface area contributed by atoms with Crippen LogP contribution in [0.5, 0.6) is 5.88 Å². The lowest BCUT2D eigenvalue weighted by molar-refractivity contribution is 0.397. The number of aromatic nitrogens is 3. The van der Waals surface area contributed by atoms with E-state index < -0.39 is 0 Å². The number of hydrogen-bond donors (Lipinski definition) is 0. The lowest BCUT2D eigenvalue weighted by atomic mass is 10.1. The molecular weight excluding hydrogens is 238 g/mol. The second-order valence-electron chi connectivity index (χ2n) is 4.58. The second-order valence-corrected chi connectivity index (χ2v) is 4.58. The Balaban J connectivity index is 2.17. The Kier molecular flexibility index (Phi) is 2.71. The molecule has 0 atom stereocenters. The van der Waals surface area contributed by atoms with Crippen LogP contribution >= 0.6 is 0 Å². The molecule has 3 aromatic rings. The van der Waals surface area contributed by atoms with Crippen LogP contribution in [0.4, 0.5) is 0 Å². The predicted octanol–water partition coefficient (Wildman–Crippen LogP) is 2.95. The minimum Gasteiger partial charge on any atom is -0.481 e. The molecule has 96 valence electrons. The highest BCUT2D eigenvalue weighted by Crippen LogP contribution is 2.26. The van der Waals surface area contributed by atoms with E-state index in [0.29, 0.717) is 11.7 Å². The van der Waals surface area contributed by atoms with E-state index >= 15 is 0 Å². The fourth-order valence-corrected chi connectivity index (χ4v) is 2.32. The normalized spacial score (nSPS) is 10.9. The van der Waals surface area contributed by atoms with Crippen molar-refractivity contribution in [3.05, 3.63) is 42.2 Å². The van der Waals surface area contributed by atoms with Crippen molar-refractivity contribution in [2.75, 3.05) is 7.11 Å². The van der Waals surface area contributed by atoms with E-state index in [1.165, 1.54) is 16.5 Å². The molecule has 4 nitrogen and oxygen atoms in total. The Morgan fingerprint density at radius 1 is 1.21 bits per heavy atom. The van der Waals surface area contributed by atoms with E-state index in [1.807, 2.05) is 6.07 Å². The van der Waals surface area contributed by atoms with Gasteiger partial charge in [-0.3, -0.25) is 0 Å². The SMILES string of the molecule is COc1ccnc(-c2ccc3c(c2)c(C)cn3C)n1. The molecule has 0 spiro atoms. The third-order valence-corrected chi connectivity index (χ3v) is 3.29. The maximum atomic E-state index is 5.14. The van der Waals surface area contributed by atoms with Crippen molar-refractivity contribution in [2.24, 2.45) is 7.05 Å². The summed E-state index contributed by atoms with van der Waals surface area (Å²) in [6, 6.07) is 8.01. The molecule has 19 heavy (non-hydrogen) atoms. The molecule has 0 N–H and O–H groups in total. The number of aryl methyl sites for hydroxylation is 2. The van der Waals surface area contributed by atoms with Crippen LogP contribution in [0.3, 0.4) is 0 Å². The largest absolute Gasteiger partial charge is 0.481 e. The Labute approximate surface area is 111 Å². The van der Waals surface area contributed by atoms with Gasteiger partial charge in [-0.25, -0.2) is 4.98 Å². The van der Waals surface area contributed by atoms with E-state index in [1.54, 1.807) is 19.4 Å². The summed E-state index contributed by atoms with van der Waals surface area (Å²) >= 11 is 0. The van der Waals surface area contributed by atoms with Gasteiger partial charge in [0.15, 0.2) is 5.82 Å². The van der Waals surface area contributed by atoms with Crippen molar-refractivity contribution in [1.29, 1.82) is 0 Å². The van der Waals surface area contributed by atoms with Crippen molar-refractivity contribution in [3.8, 4) is 17.3 Å². The molecule has 0 saturated carbocycles. The number of fused-ring (bicyclic) bond motifs is 1. The minimum atomic E-state index is 0.579. The number of ether oxygens (including phenoxy) is 1. The number of hydrogen-bond acceptors (Lipinski definition) is 3. The minimum absolute atomic E-state index is 0.579. The zero-order valence-corrected chi connectivity index (χ0v) is 11.2. The van der Waals surface area contributed by atoms with Crippen LogP contribution in [-0.4, -0.2) is 21.6 Å². The summed E-state index contributed by atoms with van der Waals surface area (Å²) in [5, 5.41) is 1.23. The Bertz CT molecular complexity index is 746. The average Bonchev–Trinajstić information content (AvgIpc) is 2.74. The maximum absolute atomic E-state index is 5.14. The Morgan fingerprint density at radius 2 is 2.05 bits per heavy atom. The third-order valence-electron chi connectivity index (χ3n) is 3.29. The van der Waals surface area contributed by atoms with Gasteiger partial charge in [0.05, 0.1) is 7.11 Å². The molecule has 3 rings (SSSR count). The zero-order valence-electron chi connectivity index (χ0n) is 11.2. The van der Waals surface area contributed by atoms with Gasteiger partial charge in [-0.2, -0.15) is 4.98 Å². The lowest BCUT2D eigenvalue weighted by Gasteiger charge is -2.04. The zero-order chi connectivity index (χ0) is 13.4. The van der Waals surface area contributed by atoms with E-state index in [0.717, 1.165) is 5.56 Å². The standard InChI is InChI=1S/C15H15N3O/c1-10-9-18(2)13-5-4-11(8-12(10)13)15-16-7-6-14(17-15)19-3/h4-9H,1-3H3. The molecule has 2 heterocycles. The Hall–Kier alpha value is -2.36. The number of rotatable bonds is 2. The van der Waals surface area contributed by atoms with Gasteiger partial charge < -0.3 is 9.30 Å². The predicted molar refractivity (Wildman–Crippen MR) is 75.2 cm³/mol. The van der Waals surface area contributed by atoms with Crippen molar-refractivity contribution >= 4 is 10.9 Å². The van der Waals surface area contributed by atoms with Gasteiger partial charge in [0.2, 0.25) is 5.88 Å². The van der Waals surface area contributed by atoms with Crippen molar-refractivity contribution in [3.63, 3.8) is 0 Å². The van der Waals surface area contributed by atoms with Crippen molar-refractivity contribution in [1.82, 2.24) is 14.5 Å². The van der Waals surface area contributed by atoms with Gasteiger partial charge >= 0.3 is 0 Å². The fraction of sp³-hybridized carbons (Fsp3) is 0.200. The molecule has 0 unspecified atom stereocenters. The highest BCUT2D eigenvalue weighted by molar-refractivity contribution is 5.87. The Morgan fingerprint density at radius 3 is 2.84 bits per heavy atom. The summed E-state index contributed by atoms with van der Waals surface area (Å²) < 4.78 is 7.26. The molecule has 0 fully saturated rings. The summed E-state index contributed by atoms with van der Waals surface area (Å²) in [6.07, 6.45) is 3.84. The first-order chi connectivity index (χ1) is 9.19. The number of benzene rings is 1. The van der Waals surface area contributed by atoms with E-state index in [9.17, 15) is 0 Å². The summed E-state index contributed by atoms with van der Waals surface area (Å²) in [5.41, 5.74) is 3.46. The van der Waals surface area contributed by atoms with Crippen LogP contribution in [0.1, 0.15) is 5.56 Å². The van der Waals surface area contributed by atoms with Crippen LogP contribution in [0.2, 0.25) is 0 Å². The smallest absolute Gasteiger partial charge is 0.216 e. The topological polar surface area (TPSA) is 39.9 Å². The summed E-state index contributed by atoms with van der Waals surface area (Å²) in [7, 11) is 3.66. The molecule has 0 aliphatic heterocycles. The molecule has 0 aliphatic carbocycles. The molecule has 4 heteroatoms. The van der Waals surface area contributed by atoms with E-state index in [2.05, 4.69) is 46.8 Å². The van der Waals surface area contributed by atoms with Gasteiger partial charge in [0.25, 0.3) is 0 Å². The quantitative estimate of drug-likeness (QED) is 0.705. The van der Waals surface area contributed by atoms with E-state index in [-0.39, 0.29) is 0 Å². The second kappa shape index (κ2) is 4.39. The highest BCUT2D eigenvalue weighted by atomic mass is 16.5. The van der Waals surface area contributed by atoms with Gasteiger partial charge in [-0.15, -0.1) is 0 Å². The first-order valence-electron chi connectivity index (χ1n) is 6.12. The molecule has 0 aliphatic rings. The van der Waals surface area contributed by atoms with Crippen LogP contribution in [0.15, 0.2) is 36.7 Å². The molecule has 0 saturated heterocycles. The molecule has 2 aromatic heterocycles. The molecule has 0 amide bonds. The van der Waals surface area contributed by atoms with Crippen molar-refractivity contribution in [2.45, 2.75) is 6.92 Å². The van der Waals surface area contributed by atoms with Gasteiger partial charge in [-0.05, 0) is 30.7 Å². The van der Waals surface area contributed by atoms with Gasteiger partial charge in [0, 0.05) is 42.0 Å². The highest BCUT2D eigenvalue weighted by Gasteiger charge is 2.07. The molecular formula is C15H15N3O.